The fourth-order valence-electron chi connectivity index (χ4n) is 8.82. The Bertz CT molecular complexity index is 2250. The first-order valence-corrected chi connectivity index (χ1v) is 25.6. The van der Waals surface area contributed by atoms with E-state index < -0.39 is 41.7 Å². The number of carbonyl (C=O) groups is 6. The number of aryl methyl sites for hydroxylation is 3. The standard InChI is InChI=1S/C58H75FO13/c1-9-13-14-17-40-20-22-43(23-21-40)44-24-27-50(51(59)35-44)45-25-26-49(42(10-2)32-45)48-33-46(18-15-29-69-53(60)38(5)6)52(47(34-48)19-16-30-70-54(61)39(7)8)68-31-28-41(36-71-57(64)55(62)66-11-3)37-72-58(65)56(63)67-12-4/h24-27,32-35,40-41,43H,5,7,9-23,28-31,36-37H2,1-4,6,8H3. The Kier molecular flexibility index (Phi) is 24.7. The van der Waals surface area contributed by atoms with Gasteiger partial charge in [-0.1, -0.05) is 83.0 Å². The Morgan fingerprint density at radius 1 is 0.583 bits per heavy atom. The molecule has 0 saturated heterocycles. The molecule has 0 unspecified atom stereocenters. The van der Waals surface area contributed by atoms with E-state index >= 15 is 4.39 Å². The van der Waals surface area contributed by atoms with Gasteiger partial charge >= 0.3 is 35.8 Å². The van der Waals surface area contributed by atoms with E-state index in [2.05, 4.69) is 33.1 Å². The summed E-state index contributed by atoms with van der Waals surface area (Å²) in [5, 5.41) is 0. The molecule has 1 aliphatic rings. The largest absolute Gasteiger partial charge is 0.493 e. The van der Waals surface area contributed by atoms with Gasteiger partial charge in [-0.25, -0.2) is 33.2 Å². The second-order valence-electron chi connectivity index (χ2n) is 18.5. The summed E-state index contributed by atoms with van der Waals surface area (Å²) in [6, 6.07) is 15.7. The van der Waals surface area contributed by atoms with Crippen molar-refractivity contribution in [3.05, 3.63) is 101 Å². The van der Waals surface area contributed by atoms with Gasteiger partial charge in [0.05, 0.1) is 46.2 Å². The summed E-state index contributed by atoms with van der Waals surface area (Å²) in [4.78, 5) is 73.4. The van der Waals surface area contributed by atoms with E-state index in [1.165, 1.54) is 38.5 Å². The molecule has 1 fully saturated rings. The average molecular weight is 999 g/mol. The van der Waals surface area contributed by atoms with Gasteiger partial charge in [0.25, 0.3) is 0 Å². The molecule has 14 heteroatoms. The summed E-state index contributed by atoms with van der Waals surface area (Å²) >= 11 is 0. The van der Waals surface area contributed by atoms with Crippen LogP contribution < -0.4 is 4.74 Å². The number of unbranched alkanes of at least 4 members (excludes halogenated alkanes) is 2. The molecule has 0 heterocycles. The van der Waals surface area contributed by atoms with E-state index in [0.29, 0.717) is 49.3 Å². The molecule has 1 aliphatic carbocycles. The van der Waals surface area contributed by atoms with Crippen LogP contribution in [0, 0.1) is 17.7 Å². The summed E-state index contributed by atoms with van der Waals surface area (Å²) in [6.07, 6.45) is 12.0. The maximum atomic E-state index is 16.1. The Hall–Kier alpha value is -6.31. The number of hydrogen-bond acceptors (Lipinski definition) is 13. The maximum Gasteiger partial charge on any atom is 0.417 e. The van der Waals surface area contributed by atoms with Crippen LogP contribution in [0.25, 0.3) is 22.3 Å². The minimum absolute atomic E-state index is 0.00715. The molecule has 0 atom stereocenters. The minimum atomic E-state index is -1.23. The van der Waals surface area contributed by atoms with Crippen molar-refractivity contribution in [1.29, 1.82) is 0 Å². The number of rotatable bonds is 28. The minimum Gasteiger partial charge on any atom is -0.493 e. The summed E-state index contributed by atoms with van der Waals surface area (Å²) < 4.78 is 53.5. The Labute approximate surface area is 425 Å². The van der Waals surface area contributed by atoms with Crippen molar-refractivity contribution >= 4 is 35.8 Å². The van der Waals surface area contributed by atoms with E-state index in [4.69, 9.17) is 33.2 Å². The van der Waals surface area contributed by atoms with Crippen LogP contribution in [-0.4, -0.2) is 82.1 Å². The Morgan fingerprint density at radius 2 is 1.11 bits per heavy atom. The van der Waals surface area contributed by atoms with E-state index in [9.17, 15) is 28.8 Å². The number of benzene rings is 3. The highest BCUT2D eigenvalue weighted by molar-refractivity contribution is 6.30. The van der Waals surface area contributed by atoms with Crippen LogP contribution >= 0.6 is 0 Å². The van der Waals surface area contributed by atoms with E-state index in [0.717, 1.165) is 57.7 Å². The highest BCUT2D eigenvalue weighted by Crippen LogP contribution is 2.40. The van der Waals surface area contributed by atoms with Gasteiger partial charge in [0, 0.05) is 22.6 Å². The summed E-state index contributed by atoms with van der Waals surface area (Å²) in [5.74, 6) is -5.18. The molecule has 13 nitrogen and oxygen atoms in total. The van der Waals surface area contributed by atoms with Crippen LogP contribution in [0.15, 0.2) is 72.8 Å². The molecule has 3 aromatic carbocycles. The summed E-state index contributed by atoms with van der Waals surface area (Å²) in [6.45, 7) is 17.2. The van der Waals surface area contributed by atoms with Crippen LogP contribution in [0.1, 0.15) is 140 Å². The number of esters is 6. The van der Waals surface area contributed by atoms with Crippen molar-refractivity contribution in [3.8, 4) is 28.0 Å². The van der Waals surface area contributed by atoms with Crippen LogP contribution in [-0.2, 0) is 76.5 Å². The van der Waals surface area contributed by atoms with Crippen LogP contribution in [0.3, 0.4) is 0 Å². The number of ether oxygens (including phenoxy) is 7. The fourth-order valence-corrected chi connectivity index (χ4v) is 8.82. The van der Waals surface area contributed by atoms with Crippen molar-refractivity contribution in [2.45, 2.75) is 137 Å². The molecule has 0 aliphatic heterocycles. The quantitative estimate of drug-likeness (QED) is 0.0222. The molecule has 72 heavy (non-hydrogen) atoms. The molecule has 0 bridgehead atoms. The zero-order chi connectivity index (χ0) is 52.6. The molecule has 392 valence electrons. The van der Waals surface area contributed by atoms with Gasteiger partial charge in [0.1, 0.15) is 11.6 Å². The second kappa shape index (κ2) is 30.5. The molecule has 0 spiro atoms. The van der Waals surface area contributed by atoms with Gasteiger partial charge in [-0.05, 0) is 161 Å². The lowest BCUT2D eigenvalue weighted by Gasteiger charge is -2.29. The zero-order valence-electron chi connectivity index (χ0n) is 43.3. The molecule has 3 aromatic rings. The second-order valence-corrected chi connectivity index (χ2v) is 18.5. The molecule has 0 N–H and O–H groups in total. The lowest BCUT2D eigenvalue weighted by Crippen LogP contribution is -2.28. The third-order valence-electron chi connectivity index (χ3n) is 12.8. The van der Waals surface area contributed by atoms with Crippen molar-refractivity contribution in [2.75, 3.05) is 46.2 Å². The third-order valence-corrected chi connectivity index (χ3v) is 12.8. The Balaban J connectivity index is 1.69. The first-order chi connectivity index (χ1) is 34.6. The predicted molar refractivity (Wildman–Crippen MR) is 272 cm³/mol. The van der Waals surface area contributed by atoms with Gasteiger partial charge in [0.15, 0.2) is 0 Å². The first kappa shape index (κ1) is 58.3. The molecule has 0 radical (unpaired) electrons. The lowest BCUT2D eigenvalue weighted by atomic mass is 9.77. The van der Waals surface area contributed by atoms with Crippen molar-refractivity contribution in [3.63, 3.8) is 0 Å². The maximum absolute atomic E-state index is 16.1. The fraction of sp³-hybridized carbons (Fsp3) is 0.517. The average Bonchev–Trinajstić information content (AvgIpc) is 3.37. The zero-order valence-corrected chi connectivity index (χ0v) is 43.3. The van der Waals surface area contributed by atoms with Gasteiger partial charge in [-0.15, -0.1) is 0 Å². The SMILES string of the molecule is C=C(C)C(=O)OCCCc1cc(-c2ccc(-c3ccc(C4CCC(CCCCC)CC4)cc3F)cc2CC)cc(CCCOC(=O)C(=C)C)c1OCCC(COC(=O)C(=O)OCC)COC(=O)C(=O)OCC. The van der Waals surface area contributed by atoms with Crippen LogP contribution in [0.4, 0.5) is 4.39 Å². The molecule has 0 aromatic heterocycles. The van der Waals surface area contributed by atoms with Crippen molar-refractivity contribution < 1.29 is 66.3 Å². The third kappa shape index (κ3) is 18.4. The topological polar surface area (TPSA) is 167 Å². The first-order valence-electron chi connectivity index (χ1n) is 25.6. The predicted octanol–water partition coefficient (Wildman–Crippen LogP) is 11.3. The van der Waals surface area contributed by atoms with Crippen LogP contribution in [0.2, 0.25) is 0 Å². The molecule has 1 saturated carbocycles. The van der Waals surface area contributed by atoms with Gasteiger partial charge < -0.3 is 33.2 Å². The van der Waals surface area contributed by atoms with Crippen molar-refractivity contribution in [1.82, 2.24) is 0 Å². The Morgan fingerprint density at radius 3 is 1.61 bits per heavy atom. The molecular weight excluding hydrogens is 924 g/mol. The van der Waals surface area contributed by atoms with E-state index in [1.807, 2.05) is 36.4 Å². The monoisotopic (exact) mass is 999 g/mol. The van der Waals surface area contributed by atoms with Crippen LogP contribution in [0.5, 0.6) is 5.75 Å². The molecule has 4 rings (SSSR count). The van der Waals surface area contributed by atoms with E-state index in [-0.39, 0.29) is 69.6 Å². The lowest BCUT2D eigenvalue weighted by molar-refractivity contribution is -0.171. The molecule has 0 amide bonds. The summed E-state index contributed by atoms with van der Waals surface area (Å²) in [7, 11) is 0. The number of halogens is 1. The normalized spacial score (nSPS) is 14.2. The smallest absolute Gasteiger partial charge is 0.417 e. The number of hydrogen-bond donors (Lipinski definition) is 0. The summed E-state index contributed by atoms with van der Waals surface area (Å²) in [5.41, 5.74) is 7.25. The van der Waals surface area contributed by atoms with Gasteiger partial charge in [0.2, 0.25) is 0 Å². The van der Waals surface area contributed by atoms with Gasteiger partial charge in [-0.3, -0.25) is 0 Å². The highest BCUT2D eigenvalue weighted by atomic mass is 19.1. The van der Waals surface area contributed by atoms with E-state index in [1.54, 1.807) is 33.8 Å². The number of carbonyl (C=O) groups excluding carboxylic acids is 6. The molecular formula is C58H75FO13. The highest BCUT2D eigenvalue weighted by Gasteiger charge is 2.26. The van der Waals surface area contributed by atoms with Gasteiger partial charge in [-0.2, -0.15) is 0 Å². The van der Waals surface area contributed by atoms with Crippen molar-refractivity contribution in [2.24, 2.45) is 11.8 Å².